The second kappa shape index (κ2) is 54.0. The van der Waals surface area contributed by atoms with Crippen LogP contribution in [0.5, 0.6) is 0 Å². The molecule has 0 saturated carbocycles. The molecule has 0 unspecified atom stereocenters. The number of nitrogens with two attached hydrogens (primary N) is 2. The van der Waals surface area contributed by atoms with Gasteiger partial charge in [0.2, 0.25) is 76.6 Å². The van der Waals surface area contributed by atoms with E-state index in [1.165, 1.54) is 12.1 Å². The number of nitrogens with zero attached hydrogens (tertiary/aromatic N) is 2. The Hall–Kier alpha value is -11.1. The number of ether oxygens (including phenoxy) is 4. The predicted octanol–water partition coefficient (Wildman–Crippen LogP) is 1.11. The normalized spacial score (nSPS) is 18.1. The van der Waals surface area contributed by atoms with E-state index >= 15 is 0 Å². The van der Waals surface area contributed by atoms with E-state index in [9.17, 15) is 119 Å². The zero-order chi connectivity index (χ0) is 105. The van der Waals surface area contributed by atoms with E-state index in [0.717, 1.165) is 40.6 Å². The van der Waals surface area contributed by atoms with E-state index in [4.69, 9.17) is 30.4 Å². The molecule has 0 aromatic heterocycles. The van der Waals surface area contributed by atoms with Gasteiger partial charge in [-0.15, -0.1) is 0 Å². The number of nitrogens with one attached hydrogen (secondary N) is 11. The molecule has 1 fully saturated rings. The van der Waals surface area contributed by atoms with Gasteiger partial charge in [-0.05, 0) is 137 Å². The molecule has 1 saturated heterocycles. The molecule has 142 heavy (non-hydrogen) atoms. The molecule has 52 heteroatoms. The molecule has 7 atom stereocenters. The number of hydrogen-bond donors (Lipinski definition) is 19. The second-order valence-electron chi connectivity index (χ2n) is 34.1. The largest absolute Gasteiger partial charge is 0.481 e. The Kier molecular flexibility index (Phi) is 44.2. The number of carbonyl (C=O) groups is 13. The summed E-state index contributed by atoms with van der Waals surface area (Å²) in [6.45, 7) is 10.5. The minimum absolute atomic E-state index is 0.00853. The maximum Gasteiger partial charge on any atom is 0.305 e. The van der Waals surface area contributed by atoms with Crippen molar-refractivity contribution < 1.29 is 143 Å². The van der Waals surface area contributed by atoms with Crippen molar-refractivity contribution >= 4 is 190 Å². The van der Waals surface area contributed by atoms with E-state index in [1.54, 1.807) is 72.8 Å². The summed E-state index contributed by atoms with van der Waals surface area (Å²) < 4.78 is 166. The highest BCUT2D eigenvalue weighted by Gasteiger charge is 2.47. The Bertz CT molecular complexity index is 6090. The van der Waals surface area contributed by atoms with E-state index in [-0.39, 0.29) is 163 Å². The smallest absolute Gasteiger partial charge is 0.305 e. The molecule has 0 radical (unpaired) electrons. The Morgan fingerprint density at radius 3 is 1.81 bits per heavy atom. The number of aliphatic carboxylic acids is 1. The van der Waals surface area contributed by atoms with E-state index in [0.29, 0.717) is 77.4 Å². The topological polar surface area (TPSA) is 687 Å². The molecule has 3 heterocycles. The van der Waals surface area contributed by atoms with Crippen LogP contribution in [-0.4, -0.2) is 302 Å². The summed E-state index contributed by atoms with van der Waals surface area (Å²) in [7, 11) is -18.4. The molecule has 0 bridgehead atoms. The summed E-state index contributed by atoms with van der Waals surface area (Å²) in [5.41, 5.74) is 12.6. The first-order chi connectivity index (χ1) is 67.0. The molecule has 3 aliphatic rings. The van der Waals surface area contributed by atoms with Gasteiger partial charge in [0, 0.05) is 108 Å². The molecule has 0 aliphatic carbocycles. The van der Waals surface area contributed by atoms with Gasteiger partial charge >= 0.3 is 5.97 Å². The van der Waals surface area contributed by atoms with Gasteiger partial charge in [0.15, 0.2) is 5.71 Å². The van der Waals surface area contributed by atoms with E-state index in [2.05, 4.69) is 71.1 Å². The maximum atomic E-state index is 14.8. The molecule has 45 nitrogen and oxygen atoms in total. The number of carboxylic acids is 1. The van der Waals surface area contributed by atoms with Crippen molar-refractivity contribution in [2.75, 3.05) is 121 Å². The van der Waals surface area contributed by atoms with Crippen LogP contribution in [0.15, 0.2) is 135 Å². The SMILES string of the molecule is CC[N+]1=C(/C=C/C=C/C=C2/N(CCCCCC(=O)NCCCC[C@H](NC(C)=O)C(=O)N[C@H]3CSSC[C@@H](C(=O)N[C@@H](Cc4ccccc4)C(=O)N[C@@H](CS)C(=O)NCCOCCOCCOCCNC(=O)COCC(N)=O)NC(=O)[C@H](CC(=O)O)NC(=O)CNC(=O)[C@H](CCCN)NC3=O)c3ccc4c(S(=O)(=O)O)cc(S(=O)(=O)O)cc4c3C2(C)C)C(C)(C)c2c1ccc1c(S(=O)(=O)O)cc(S(=O)(=O)O)cc21. The number of amides is 12. The average Bonchev–Trinajstić information content (AvgIpc) is 1.56. The summed E-state index contributed by atoms with van der Waals surface area (Å²) in [6.07, 6.45) is 9.30. The summed E-state index contributed by atoms with van der Waals surface area (Å²) >= 11 is 4.30. The summed E-state index contributed by atoms with van der Waals surface area (Å²) in [6, 6.07) is 7.44. The third-order valence-corrected chi connectivity index (χ3v) is 29.1. The molecule has 20 N–H and O–H groups in total. The van der Waals surface area contributed by atoms with Crippen LogP contribution in [-0.2, 0) is 139 Å². The number of carboxylic acid groups (broad SMARTS) is 1. The Morgan fingerprint density at radius 2 is 1.21 bits per heavy atom. The highest BCUT2D eigenvalue weighted by Crippen LogP contribution is 2.52. The minimum Gasteiger partial charge on any atom is -0.481 e. The Morgan fingerprint density at radius 1 is 0.599 bits per heavy atom. The molecule has 8 rings (SSSR count). The van der Waals surface area contributed by atoms with Gasteiger partial charge in [0.25, 0.3) is 40.5 Å². The van der Waals surface area contributed by atoms with Gasteiger partial charge < -0.3 is 98.9 Å². The van der Waals surface area contributed by atoms with Gasteiger partial charge in [0.05, 0.1) is 67.8 Å². The molecule has 778 valence electrons. The quantitative estimate of drug-likeness (QED) is 0.00647. The zero-order valence-corrected chi connectivity index (χ0v) is 84.6. The minimum atomic E-state index is -5.11. The Labute approximate surface area is 834 Å². The van der Waals surface area contributed by atoms with Crippen LogP contribution in [0.3, 0.4) is 0 Å². The van der Waals surface area contributed by atoms with Gasteiger partial charge in [-0.3, -0.25) is 80.5 Å². The number of rotatable bonds is 51. The van der Waals surface area contributed by atoms with Gasteiger partial charge in [-0.2, -0.15) is 50.9 Å². The van der Waals surface area contributed by atoms with Crippen LogP contribution in [0.1, 0.15) is 122 Å². The lowest BCUT2D eigenvalue weighted by Crippen LogP contribution is -2.60. The highest BCUT2D eigenvalue weighted by molar-refractivity contribution is 8.76. The maximum absolute atomic E-state index is 14.8. The molecular formula is C90H122N15O30S7+. The third kappa shape index (κ3) is 34.0. The summed E-state index contributed by atoms with van der Waals surface area (Å²) in [4.78, 5) is 173. The van der Waals surface area contributed by atoms with Crippen LogP contribution in [0.2, 0.25) is 0 Å². The van der Waals surface area contributed by atoms with Crippen molar-refractivity contribution in [3.8, 4) is 0 Å². The molecule has 3 aliphatic heterocycles. The van der Waals surface area contributed by atoms with Crippen LogP contribution in [0, 0.1) is 0 Å². The van der Waals surface area contributed by atoms with Gasteiger partial charge in [-0.1, -0.05) is 96.5 Å². The van der Waals surface area contributed by atoms with Crippen molar-refractivity contribution in [3.63, 3.8) is 0 Å². The molecule has 5 aromatic carbocycles. The number of thiol groups is 1. The number of anilines is 1. The van der Waals surface area contributed by atoms with Crippen LogP contribution < -0.4 is 74.9 Å². The van der Waals surface area contributed by atoms with Crippen LogP contribution >= 0.6 is 34.2 Å². The predicted molar refractivity (Wildman–Crippen MR) is 528 cm³/mol. The van der Waals surface area contributed by atoms with Crippen molar-refractivity contribution in [1.29, 1.82) is 0 Å². The molecular weight excluding hydrogens is 2000 g/mol. The first-order valence-corrected chi connectivity index (χ1v) is 54.1. The van der Waals surface area contributed by atoms with Crippen molar-refractivity contribution in [2.45, 2.75) is 185 Å². The molecule has 5 aromatic rings. The number of unbranched alkanes of at least 4 members (excludes halogenated alkanes) is 3. The molecule has 12 amide bonds. The van der Waals surface area contributed by atoms with Gasteiger partial charge in [-0.25, -0.2) is 0 Å². The third-order valence-electron chi connectivity index (χ3n) is 22.9. The first kappa shape index (κ1) is 116. The number of carbonyl (C=O) groups excluding carboxylic acids is 12. The van der Waals surface area contributed by atoms with E-state index < -0.39 is 209 Å². The monoisotopic (exact) mass is 2120 g/mol. The number of primary amides is 1. The Balaban J connectivity index is 0.909. The summed E-state index contributed by atoms with van der Waals surface area (Å²) in [5.74, 6) is -12.3. The van der Waals surface area contributed by atoms with Crippen LogP contribution in [0.4, 0.5) is 11.4 Å². The van der Waals surface area contributed by atoms with Crippen molar-refractivity contribution in [2.24, 2.45) is 11.5 Å². The van der Waals surface area contributed by atoms with Gasteiger partial charge in [0.1, 0.15) is 71.8 Å². The standard InChI is InChI=1S/C90H121N15O30S7/c1-7-104-69-29-27-58-60(43-56(139(120,121)122)45-71(58)141(126,127)128)80(69)89(3,4)73(104)24-13-9-14-25-74-90(5,6)81-61-44-57(140(123,124)125)46-72(142(129,130)131)59(61)28-30-70(81)105(74)35-18-10-15-26-76(108)93-32-17-16-22-63(97-54(2)106)84(115)102-67-52-137-138-53-68(103-86(117)65(47-79(111)112)98-77(109)48-96-82(113)62(23-19-31-91)99-87(67)118)88(119)100-64(42-55-20-11-8-12-21-55)85(116)101-66(51-136)83(114)95-34-37-133-39-41-134-40-38-132-36-33-94-78(110)50-135-49-75(92)107/h8-9,11-14,20-21,24-25,27-30,43-46,62-68H,7,10,15-19,22-23,26,31-42,47-53,91H2,1-6H3,(H18-,92,93,94,95,96,97,98,99,100,101,102,103,106,107,108,109,110,111,112,113,114,115,116,117,118,119,120,121,122,123,124,125,126,127,128,129,130,131,136)/p+1/t62-,63-,64-,65-,66-,67-,68-/m0/s1. The van der Waals surface area contributed by atoms with Crippen molar-refractivity contribution in [3.05, 3.63) is 132 Å². The van der Waals surface area contributed by atoms with Crippen molar-refractivity contribution in [1.82, 2.24) is 58.5 Å². The fourth-order valence-corrected chi connectivity index (χ4v) is 21.4. The second-order valence-corrected chi connectivity index (χ2v) is 42.7. The molecule has 0 spiro atoms. The number of benzene rings is 5. The number of hydrogen-bond acceptors (Lipinski definition) is 30. The average molecular weight is 2120 g/mol. The van der Waals surface area contributed by atoms with Crippen LogP contribution in [0.25, 0.3) is 21.5 Å². The lowest BCUT2D eigenvalue weighted by Gasteiger charge is -2.27. The lowest BCUT2D eigenvalue weighted by atomic mass is 9.79. The zero-order valence-electron chi connectivity index (χ0n) is 78.8. The fraction of sp³-hybridized carbons (Fsp3) is 0.489. The lowest BCUT2D eigenvalue weighted by molar-refractivity contribution is -0.433. The summed E-state index contributed by atoms with van der Waals surface area (Å²) in [5, 5.41) is 38.3. The number of allylic oxidation sites excluding steroid dienone is 6. The number of fused-ring (bicyclic) bond motifs is 6. The first-order valence-electron chi connectivity index (χ1n) is 45.2. The van der Waals surface area contributed by atoms with E-state index in [1.807, 2.05) is 44.1 Å². The highest BCUT2D eigenvalue weighted by atomic mass is 33.1. The fourth-order valence-electron chi connectivity index (χ4n) is 16.2.